The minimum atomic E-state index is -1.01. The van der Waals surface area contributed by atoms with Gasteiger partial charge >= 0.3 is 0 Å². The zero-order valence-corrected chi connectivity index (χ0v) is 19.5. The van der Waals surface area contributed by atoms with Crippen molar-refractivity contribution >= 4 is 11.8 Å². The number of benzene rings is 1. The van der Waals surface area contributed by atoms with E-state index in [9.17, 15) is 19.8 Å². The summed E-state index contributed by atoms with van der Waals surface area (Å²) in [6, 6.07) is 6.72. The second-order valence-corrected chi connectivity index (χ2v) is 8.47. The Hall–Kier alpha value is -2.42. The van der Waals surface area contributed by atoms with Gasteiger partial charge in [0.25, 0.3) is 0 Å². The minimum Gasteiger partial charge on any atom is -0.486 e. The number of nitrogens with zero attached hydrogens (tertiary/aromatic N) is 1. The van der Waals surface area contributed by atoms with Crippen LogP contribution in [0, 0.1) is 0 Å². The highest BCUT2D eigenvalue weighted by molar-refractivity contribution is 5.96. The summed E-state index contributed by atoms with van der Waals surface area (Å²) in [5, 5.41) is 23.3. The Morgan fingerprint density at radius 3 is 2.70 bits per heavy atom. The van der Waals surface area contributed by atoms with Crippen molar-refractivity contribution < 1.29 is 29.3 Å². The largest absolute Gasteiger partial charge is 0.486 e. The molecule has 0 fully saturated rings. The van der Waals surface area contributed by atoms with Crippen LogP contribution in [0.1, 0.15) is 51.0 Å². The fourth-order valence-corrected chi connectivity index (χ4v) is 4.61. The van der Waals surface area contributed by atoms with E-state index in [1.165, 1.54) is 0 Å². The van der Waals surface area contributed by atoms with Crippen LogP contribution in [-0.2, 0) is 14.3 Å². The smallest absolute Gasteiger partial charge is 0.249 e. The van der Waals surface area contributed by atoms with Gasteiger partial charge < -0.3 is 29.9 Å². The lowest BCUT2D eigenvalue weighted by Gasteiger charge is -2.40. The molecule has 1 aliphatic heterocycles. The number of unbranched alkanes of at least 4 members (excludes halogenated alkanes) is 3. The molecule has 4 atom stereocenters. The molecule has 0 radical (unpaired) electrons. The summed E-state index contributed by atoms with van der Waals surface area (Å²) >= 11 is 0. The first-order valence-electron chi connectivity index (χ1n) is 11.9. The number of hydrogen-bond acceptors (Lipinski definition) is 6. The number of rotatable bonds is 12. The lowest BCUT2D eigenvalue weighted by Crippen LogP contribution is -2.56. The number of carbonyl (C=O) groups is 2. The highest BCUT2D eigenvalue weighted by atomic mass is 16.5. The Morgan fingerprint density at radius 1 is 1.18 bits per heavy atom. The Balaban J connectivity index is 1.95. The molecule has 0 aromatic heterocycles. The molecule has 0 spiro atoms. The molecule has 3 rings (SSSR count). The second kappa shape index (κ2) is 12.2. The molecule has 3 N–H and O–H groups in total. The molecule has 1 heterocycles. The Labute approximate surface area is 195 Å². The molecule has 2 amide bonds. The molecule has 0 saturated heterocycles. The number of para-hydroxylation sites is 1. The van der Waals surface area contributed by atoms with Gasteiger partial charge in [-0.3, -0.25) is 9.59 Å². The van der Waals surface area contributed by atoms with Crippen LogP contribution < -0.4 is 10.1 Å². The van der Waals surface area contributed by atoms with Crippen LogP contribution >= 0.6 is 0 Å². The molecular formula is C25H36N2O6. The van der Waals surface area contributed by atoms with Crippen molar-refractivity contribution in [3.05, 3.63) is 41.5 Å². The summed E-state index contributed by atoms with van der Waals surface area (Å²) in [5.41, 5.74) is 1.28. The van der Waals surface area contributed by atoms with Gasteiger partial charge in [0.15, 0.2) is 0 Å². The third kappa shape index (κ3) is 5.75. The van der Waals surface area contributed by atoms with Crippen LogP contribution in [-0.4, -0.2) is 78.1 Å². The van der Waals surface area contributed by atoms with Crippen LogP contribution in [0.15, 0.2) is 35.9 Å². The number of nitrogens with one attached hydrogen (secondary N) is 1. The SMILES string of the molecule is CCCCCCN(C(=O)COCC)C1C=C(C(=O)NCCO)C2c3ccccc3OC2C1O. The second-order valence-electron chi connectivity index (χ2n) is 8.47. The van der Waals surface area contributed by atoms with Gasteiger partial charge in [0, 0.05) is 30.8 Å². The monoisotopic (exact) mass is 460 g/mol. The van der Waals surface area contributed by atoms with Crippen LogP contribution in [0.25, 0.3) is 0 Å². The van der Waals surface area contributed by atoms with Gasteiger partial charge in [0.2, 0.25) is 11.8 Å². The van der Waals surface area contributed by atoms with Gasteiger partial charge in [-0.05, 0) is 25.5 Å². The first-order valence-corrected chi connectivity index (χ1v) is 11.9. The third-order valence-electron chi connectivity index (χ3n) is 6.24. The van der Waals surface area contributed by atoms with Gasteiger partial charge in [-0.15, -0.1) is 0 Å². The van der Waals surface area contributed by atoms with E-state index in [1.807, 2.05) is 31.2 Å². The van der Waals surface area contributed by atoms with E-state index in [2.05, 4.69) is 12.2 Å². The average Bonchev–Trinajstić information content (AvgIpc) is 3.22. The molecule has 33 heavy (non-hydrogen) atoms. The van der Waals surface area contributed by atoms with Crippen molar-refractivity contribution in [2.24, 2.45) is 0 Å². The summed E-state index contributed by atoms with van der Waals surface area (Å²) in [6.07, 6.45) is 3.91. The molecule has 1 aromatic carbocycles. The van der Waals surface area contributed by atoms with Crippen LogP contribution in [0.5, 0.6) is 5.75 Å². The molecular weight excluding hydrogens is 424 g/mol. The quantitative estimate of drug-likeness (QED) is 0.410. The highest BCUT2D eigenvalue weighted by Gasteiger charge is 2.50. The average molecular weight is 461 g/mol. The summed E-state index contributed by atoms with van der Waals surface area (Å²) < 4.78 is 11.5. The Bertz CT molecular complexity index is 842. The molecule has 182 valence electrons. The van der Waals surface area contributed by atoms with Gasteiger partial charge in [-0.25, -0.2) is 0 Å². The van der Waals surface area contributed by atoms with E-state index in [0.717, 1.165) is 31.2 Å². The van der Waals surface area contributed by atoms with E-state index in [-0.39, 0.29) is 31.6 Å². The fourth-order valence-electron chi connectivity index (χ4n) is 4.61. The molecule has 8 nitrogen and oxygen atoms in total. The number of carbonyl (C=O) groups excluding carboxylic acids is 2. The molecule has 4 unspecified atom stereocenters. The number of aliphatic hydroxyl groups is 2. The van der Waals surface area contributed by atoms with Crippen LogP contribution in [0.2, 0.25) is 0 Å². The van der Waals surface area contributed by atoms with Crippen molar-refractivity contribution in [3.63, 3.8) is 0 Å². The fraction of sp³-hybridized carbons (Fsp3) is 0.600. The predicted molar refractivity (Wildman–Crippen MR) is 124 cm³/mol. The lowest BCUT2D eigenvalue weighted by molar-refractivity contribution is -0.141. The van der Waals surface area contributed by atoms with E-state index < -0.39 is 24.2 Å². The molecule has 0 saturated carbocycles. The van der Waals surface area contributed by atoms with Gasteiger partial charge in [-0.1, -0.05) is 44.4 Å². The number of ether oxygens (including phenoxy) is 2. The van der Waals surface area contributed by atoms with E-state index in [4.69, 9.17) is 9.47 Å². The maximum Gasteiger partial charge on any atom is 0.249 e. The van der Waals surface area contributed by atoms with Crippen molar-refractivity contribution in [3.8, 4) is 5.75 Å². The summed E-state index contributed by atoms with van der Waals surface area (Å²) in [6.45, 7) is 4.68. The topological polar surface area (TPSA) is 108 Å². The maximum absolute atomic E-state index is 13.1. The molecule has 1 aliphatic carbocycles. The summed E-state index contributed by atoms with van der Waals surface area (Å²) in [4.78, 5) is 27.7. The normalized spacial score (nSPS) is 23.2. The van der Waals surface area contributed by atoms with Crippen molar-refractivity contribution in [2.45, 2.75) is 63.7 Å². The maximum atomic E-state index is 13.1. The van der Waals surface area contributed by atoms with Crippen molar-refractivity contribution in [1.82, 2.24) is 10.2 Å². The molecule has 0 bridgehead atoms. The highest BCUT2D eigenvalue weighted by Crippen LogP contribution is 2.47. The van der Waals surface area contributed by atoms with Crippen LogP contribution in [0.4, 0.5) is 0 Å². The minimum absolute atomic E-state index is 0.0808. The molecule has 8 heteroatoms. The van der Waals surface area contributed by atoms with Gasteiger partial charge in [-0.2, -0.15) is 0 Å². The number of fused-ring (bicyclic) bond motifs is 3. The lowest BCUT2D eigenvalue weighted by atomic mass is 9.77. The standard InChI is InChI=1S/C25H36N2O6/c1-3-5-6-9-13-27(21(29)16-32-4-2)19-15-18(25(31)26-12-14-28)22-17-10-7-8-11-20(17)33-24(22)23(19)30/h7-8,10-11,15,19,22-24,28,30H,3-6,9,12-14,16H2,1-2H3,(H,26,31). The number of amides is 2. The molecule has 1 aromatic rings. The summed E-state index contributed by atoms with van der Waals surface area (Å²) in [7, 11) is 0. The predicted octanol–water partition coefficient (Wildman–Crippen LogP) is 1.75. The van der Waals surface area contributed by atoms with Gasteiger partial charge in [0.1, 0.15) is 24.6 Å². The first kappa shape index (κ1) is 25.2. The Morgan fingerprint density at radius 2 is 1.97 bits per heavy atom. The van der Waals surface area contributed by atoms with Crippen LogP contribution in [0.3, 0.4) is 0 Å². The van der Waals surface area contributed by atoms with Gasteiger partial charge in [0.05, 0.1) is 18.6 Å². The zero-order valence-electron chi connectivity index (χ0n) is 19.5. The van der Waals surface area contributed by atoms with E-state index in [0.29, 0.717) is 24.5 Å². The molecule has 2 aliphatic rings. The summed E-state index contributed by atoms with van der Waals surface area (Å²) in [5.74, 6) is -0.379. The van der Waals surface area contributed by atoms with E-state index >= 15 is 0 Å². The van der Waals surface area contributed by atoms with Crippen molar-refractivity contribution in [1.29, 1.82) is 0 Å². The number of aliphatic hydroxyl groups excluding tert-OH is 2. The zero-order chi connectivity index (χ0) is 23.8. The third-order valence-corrected chi connectivity index (χ3v) is 6.24. The van der Waals surface area contributed by atoms with E-state index in [1.54, 1.807) is 11.0 Å². The van der Waals surface area contributed by atoms with Crippen molar-refractivity contribution in [2.75, 3.05) is 32.9 Å². The first-order chi connectivity index (χ1) is 16.0. The number of hydrogen-bond donors (Lipinski definition) is 3. The Kier molecular flexibility index (Phi) is 9.29.